The van der Waals surface area contributed by atoms with Crippen LogP contribution in [-0.4, -0.2) is 49.4 Å². The van der Waals surface area contributed by atoms with E-state index in [2.05, 4.69) is 15.8 Å². The first kappa shape index (κ1) is 17.4. The molecule has 1 aromatic rings. The van der Waals surface area contributed by atoms with Crippen molar-refractivity contribution in [2.45, 2.75) is 37.9 Å². The van der Waals surface area contributed by atoms with Crippen LogP contribution in [0.1, 0.15) is 31.2 Å². The molecular weight excluding hydrogens is 322 g/mol. The Labute approximate surface area is 146 Å². The smallest absolute Gasteiger partial charge is 0.264 e. The third-order valence-corrected chi connectivity index (χ3v) is 4.27. The van der Waals surface area contributed by atoms with Gasteiger partial charge in [-0.15, -0.1) is 0 Å². The van der Waals surface area contributed by atoms with Gasteiger partial charge in [-0.2, -0.15) is 0 Å². The molecule has 2 aliphatic rings. The van der Waals surface area contributed by atoms with E-state index in [1.807, 2.05) is 30.3 Å². The van der Waals surface area contributed by atoms with Crippen LogP contribution in [-0.2, 0) is 19.2 Å². The van der Waals surface area contributed by atoms with Crippen LogP contribution in [0.15, 0.2) is 35.5 Å². The van der Waals surface area contributed by atoms with Crippen molar-refractivity contribution in [2.75, 3.05) is 19.7 Å². The minimum Gasteiger partial charge on any atom is -0.382 e. The molecule has 1 saturated heterocycles. The minimum absolute atomic E-state index is 0.0932. The summed E-state index contributed by atoms with van der Waals surface area (Å²) >= 11 is 0. The fourth-order valence-corrected chi connectivity index (χ4v) is 2.85. The molecule has 2 atom stereocenters. The fraction of sp³-hybridized carbons (Fsp3) is 0.500. The summed E-state index contributed by atoms with van der Waals surface area (Å²) in [6, 6.07) is 9.62. The highest BCUT2D eigenvalue weighted by molar-refractivity contribution is 6.04. The first-order chi connectivity index (χ1) is 12.2. The van der Waals surface area contributed by atoms with Crippen molar-refractivity contribution in [3.8, 4) is 0 Å². The molecule has 0 aromatic heterocycles. The van der Waals surface area contributed by atoms with Crippen molar-refractivity contribution >= 4 is 17.5 Å². The van der Waals surface area contributed by atoms with Crippen LogP contribution in [0.3, 0.4) is 0 Å². The molecule has 7 nitrogen and oxygen atoms in total. The van der Waals surface area contributed by atoms with Gasteiger partial charge in [0.2, 0.25) is 12.0 Å². The van der Waals surface area contributed by atoms with Gasteiger partial charge in [0.05, 0.1) is 11.8 Å². The van der Waals surface area contributed by atoms with Crippen LogP contribution in [0, 0.1) is 0 Å². The molecule has 7 heteroatoms. The number of benzene rings is 1. The molecule has 2 amide bonds. The summed E-state index contributed by atoms with van der Waals surface area (Å²) in [5.41, 5.74) is 1.71. The Morgan fingerprint density at radius 2 is 2.04 bits per heavy atom. The first-order valence-electron chi connectivity index (χ1n) is 8.66. The number of rotatable bonds is 7. The number of nitrogens with one attached hydrogen (secondary N) is 2. The molecule has 0 bridgehead atoms. The lowest BCUT2D eigenvalue weighted by molar-refractivity contribution is -0.131. The predicted octanol–water partition coefficient (Wildman–Crippen LogP) is 0.981. The van der Waals surface area contributed by atoms with Crippen molar-refractivity contribution in [1.29, 1.82) is 0 Å². The lowest BCUT2D eigenvalue weighted by Crippen LogP contribution is -2.38. The van der Waals surface area contributed by atoms with E-state index in [4.69, 9.17) is 9.57 Å². The van der Waals surface area contributed by atoms with Crippen LogP contribution in [0.2, 0.25) is 0 Å². The highest BCUT2D eigenvalue weighted by Gasteiger charge is 2.28. The Bertz CT molecular complexity index is 626. The van der Waals surface area contributed by atoms with Crippen molar-refractivity contribution in [2.24, 2.45) is 5.16 Å². The van der Waals surface area contributed by atoms with Gasteiger partial charge in [-0.05, 0) is 18.4 Å². The summed E-state index contributed by atoms with van der Waals surface area (Å²) in [4.78, 5) is 29.1. The monoisotopic (exact) mass is 345 g/mol. The summed E-state index contributed by atoms with van der Waals surface area (Å²) in [5.74, 6) is -0.342. The Hall–Kier alpha value is -2.41. The number of hydrogen-bond acceptors (Lipinski definition) is 5. The van der Waals surface area contributed by atoms with Gasteiger partial charge in [0.25, 0.3) is 5.91 Å². The number of carbonyl (C=O) groups is 2. The summed E-state index contributed by atoms with van der Waals surface area (Å²) in [6.07, 6.45) is 2.19. The molecule has 0 radical (unpaired) electrons. The van der Waals surface area contributed by atoms with Crippen LogP contribution in [0.4, 0.5) is 0 Å². The standard InChI is InChI=1S/C18H23N3O4/c22-17(20-12-14-7-4-10-24-14)8-9-19-18(23)16-11-15(21-25-16)13-5-2-1-3-6-13/h1-3,5-6,14,16H,4,7-12H2,(H,19,23)(H,20,22)/t14-,16-/m1/s1. The number of carbonyl (C=O) groups excluding carboxylic acids is 2. The average Bonchev–Trinajstić information content (AvgIpc) is 3.32. The lowest BCUT2D eigenvalue weighted by atomic mass is 10.0. The minimum atomic E-state index is -0.634. The number of amides is 2. The highest BCUT2D eigenvalue weighted by Crippen LogP contribution is 2.16. The summed E-state index contributed by atoms with van der Waals surface area (Å²) in [5, 5.41) is 9.54. The normalized spacial score (nSPS) is 22.2. The molecule has 0 aliphatic carbocycles. The molecule has 134 valence electrons. The molecule has 2 N–H and O–H groups in total. The number of oxime groups is 1. The van der Waals surface area contributed by atoms with Crippen molar-refractivity contribution in [1.82, 2.24) is 10.6 Å². The van der Waals surface area contributed by atoms with Crippen molar-refractivity contribution in [3.05, 3.63) is 35.9 Å². The molecule has 1 fully saturated rings. The molecule has 2 heterocycles. The second-order valence-electron chi connectivity index (χ2n) is 6.18. The third kappa shape index (κ3) is 5.03. The summed E-state index contributed by atoms with van der Waals surface area (Å²) in [7, 11) is 0. The van der Waals surface area contributed by atoms with E-state index < -0.39 is 6.10 Å². The van der Waals surface area contributed by atoms with Crippen molar-refractivity contribution in [3.63, 3.8) is 0 Å². The average molecular weight is 345 g/mol. The largest absolute Gasteiger partial charge is 0.382 e. The fourth-order valence-electron chi connectivity index (χ4n) is 2.85. The molecule has 1 aromatic carbocycles. The maximum absolute atomic E-state index is 12.1. The lowest BCUT2D eigenvalue weighted by Gasteiger charge is -2.12. The van der Waals surface area contributed by atoms with Gasteiger partial charge in [-0.25, -0.2) is 0 Å². The SMILES string of the molecule is O=C(CCNC(=O)[C@H]1CC(c2ccccc2)=NO1)NC[C@H]1CCCO1. The summed E-state index contributed by atoms with van der Waals surface area (Å²) in [6.45, 7) is 1.58. The van der Waals surface area contributed by atoms with Crippen molar-refractivity contribution < 1.29 is 19.2 Å². The van der Waals surface area contributed by atoms with Gasteiger partial charge in [0.15, 0.2) is 0 Å². The van der Waals surface area contributed by atoms with E-state index in [-0.39, 0.29) is 30.9 Å². The Morgan fingerprint density at radius 1 is 1.20 bits per heavy atom. The third-order valence-electron chi connectivity index (χ3n) is 4.27. The van der Waals surface area contributed by atoms with Gasteiger partial charge in [-0.1, -0.05) is 35.5 Å². The van der Waals surface area contributed by atoms with Gasteiger partial charge >= 0.3 is 0 Å². The van der Waals surface area contributed by atoms with E-state index in [1.54, 1.807) is 0 Å². The number of hydrogen-bond donors (Lipinski definition) is 2. The van der Waals surface area contributed by atoms with E-state index in [0.717, 1.165) is 30.7 Å². The van der Waals surface area contributed by atoms with Gasteiger partial charge in [-0.3, -0.25) is 9.59 Å². The first-order valence-corrected chi connectivity index (χ1v) is 8.66. The van der Waals surface area contributed by atoms with Crippen LogP contribution in [0.25, 0.3) is 0 Å². The Morgan fingerprint density at radius 3 is 2.80 bits per heavy atom. The summed E-state index contributed by atoms with van der Waals surface area (Å²) < 4.78 is 5.45. The van der Waals surface area contributed by atoms with Crippen LogP contribution < -0.4 is 10.6 Å². The molecule has 0 saturated carbocycles. The molecule has 3 rings (SSSR count). The van der Waals surface area contributed by atoms with E-state index in [1.165, 1.54) is 0 Å². The molecule has 0 unspecified atom stereocenters. The topological polar surface area (TPSA) is 89.0 Å². The maximum Gasteiger partial charge on any atom is 0.264 e. The Kier molecular flexibility index (Phi) is 6.00. The second kappa shape index (κ2) is 8.62. The van der Waals surface area contributed by atoms with E-state index >= 15 is 0 Å². The molecule has 0 spiro atoms. The van der Waals surface area contributed by atoms with Crippen LogP contribution >= 0.6 is 0 Å². The predicted molar refractivity (Wildman–Crippen MR) is 92.1 cm³/mol. The zero-order valence-corrected chi connectivity index (χ0v) is 14.1. The highest BCUT2D eigenvalue weighted by atomic mass is 16.6. The Balaban J connectivity index is 1.32. The van der Waals surface area contributed by atoms with E-state index in [9.17, 15) is 9.59 Å². The molecular formula is C18H23N3O4. The quantitative estimate of drug-likeness (QED) is 0.771. The zero-order valence-electron chi connectivity index (χ0n) is 14.1. The molecule has 2 aliphatic heterocycles. The number of ether oxygens (including phenoxy) is 1. The molecule has 25 heavy (non-hydrogen) atoms. The maximum atomic E-state index is 12.1. The second-order valence-corrected chi connectivity index (χ2v) is 6.18. The van der Waals surface area contributed by atoms with Crippen LogP contribution in [0.5, 0.6) is 0 Å². The van der Waals surface area contributed by atoms with Gasteiger partial charge in [0, 0.05) is 32.5 Å². The van der Waals surface area contributed by atoms with Gasteiger partial charge in [0.1, 0.15) is 0 Å². The van der Waals surface area contributed by atoms with E-state index in [0.29, 0.717) is 13.0 Å². The van der Waals surface area contributed by atoms with Gasteiger partial charge < -0.3 is 20.2 Å². The number of nitrogens with zero attached hydrogens (tertiary/aromatic N) is 1. The zero-order chi connectivity index (χ0) is 17.5.